The maximum atomic E-state index is 14.9. The number of methoxy groups -OCH3 is 1. The molecule has 0 amide bonds. The lowest BCUT2D eigenvalue weighted by atomic mass is 9.40. The molecule has 3 unspecified atom stereocenters. The van der Waals surface area contributed by atoms with Gasteiger partial charge in [-0.15, -0.1) is 0 Å². The third kappa shape index (κ3) is 3.73. The van der Waals surface area contributed by atoms with Gasteiger partial charge in [-0.1, -0.05) is 78.0 Å². The Hall–Kier alpha value is -2.44. The number of rotatable bonds is 7. The van der Waals surface area contributed by atoms with E-state index in [1.54, 1.807) is 7.11 Å². The molecule has 6 aliphatic rings. The summed E-state index contributed by atoms with van der Waals surface area (Å²) in [4.78, 5) is 29.6. The van der Waals surface area contributed by atoms with Crippen molar-refractivity contribution in [2.45, 2.75) is 104 Å². The van der Waals surface area contributed by atoms with Crippen molar-refractivity contribution >= 4 is 10.8 Å². The highest BCUT2D eigenvalue weighted by atomic mass is 16.7. The van der Waals surface area contributed by atoms with Crippen molar-refractivity contribution in [1.82, 2.24) is 9.36 Å². The minimum atomic E-state index is -0.620. The summed E-state index contributed by atoms with van der Waals surface area (Å²) in [7, 11) is 1.65. The topological polar surface area (TPSA) is 62.5 Å². The van der Waals surface area contributed by atoms with Gasteiger partial charge in [0.15, 0.2) is 0 Å². The second-order valence-corrected chi connectivity index (χ2v) is 16.0. The highest BCUT2D eigenvalue weighted by molar-refractivity contribution is 5.80. The second kappa shape index (κ2) is 10.3. The average Bonchev–Trinajstić information content (AvgIpc) is 3.38. The Morgan fingerprint density at radius 3 is 2.27 bits per heavy atom. The van der Waals surface area contributed by atoms with Crippen LogP contribution in [0.5, 0.6) is 0 Å². The first-order valence-corrected chi connectivity index (χ1v) is 17.2. The first-order chi connectivity index (χ1) is 21.0. The van der Waals surface area contributed by atoms with Gasteiger partial charge < -0.3 is 9.47 Å². The van der Waals surface area contributed by atoms with Crippen molar-refractivity contribution in [1.29, 1.82) is 0 Å². The summed E-state index contributed by atoms with van der Waals surface area (Å²) < 4.78 is 15.5. The minimum Gasteiger partial charge on any atom is -0.359 e. The fourth-order valence-electron chi connectivity index (χ4n) is 11.4. The van der Waals surface area contributed by atoms with Crippen molar-refractivity contribution in [3.8, 4) is 0 Å². The Balaban J connectivity index is 1.43. The number of benzene rings is 1. The third-order valence-electron chi connectivity index (χ3n) is 13.9. The van der Waals surface area contributed by atoms with Crippen LogP contribution in [0, 0.1) is 46.3 Å². The Morgan fingerprint density at radius 1 is 0.886 bits per heavy atom. The van der Waals surface area contributed by atoms with Gasteiger partial charge in [-0.25, -0.2) is 9.36 Å². The molecule has 2 spiro atoms. The minimum absolute atomic E-state index is 0.0117. The van der Waals surface area contributed by atoms with Crippen LogP contribution in [0.25, 0.3) is 10.8 Å². The molecule has 6 nitrogen and oxygen atoms in total. The Labute approximate surface area is 262 Å². The molecule has 2 aromatic rings. The van der Waals surface area contributed by atoms with E-state index in [1.807, 2.05) is 33.6 Å². The molecular weight excluding hydrogens is 548 g/mol. The van der Waals surface area contributed by atoms with Gasteiger partial charge in [0.2, 0.25) is 0 Å². The Bertz CT molecular complexity index is 1640. The van der Waals surface area contributed by atoms with Crippen molar-refractivity contribution in [3.63, 3.8) is 0 Å². The summed E-state index contributed by atoms with van der Waals surface area (Å²) in [5.74, 6) is 2.76. The largest absolute Gasteiger partial charge is 0.359 e. The van der Waals surface area contributed by atoms with Gasteiger partial charge in [-0.3, -0.25) is 9.59 Å². The molecule has 0 N–H and O–H groups in total. The molecule has 3 fully saturated rings. The number of hydrogen-bond acceptors (Lipinski definition) is 4. The lowest BCUT2D eigenvalue weighted by Crippen LogP contribution is -2.78. The van der Waals surface area contributed by atoms with Gasteiger partial charge in [0, 0.05) is 18.9 Å². The quantitative estimate of drug-likeness (QED) is 0.248. The van der Waals surface area contributed by atoms with Gasteiger partial charge >= 0.3 is 0 Å². The number of ether oxygens (including phenoxy) is 2. The number of fused-ring (bicyclic) bond motifs is 2. The van der Waals surface area contributed by atoms with E-state index in [0.29, 0.717) is 40.9 Å². The first-order valence-electron chi connectivity index (χ1n) is 17.2. The van der Waals surface area contributed by atoms with Crippen LogP contribution in [-0.4, -0.2) is 29.4 Å². The molecule has 238 valence electrons. The van der Waals surface area contributed by atoms with Crippen molar-refractivity contribution < 1.29 is 9.47 Å². The number of allylic oxidation sites excluding steroid dienone is 4. The van der Waals surface area contributed by atoms with E-state index in [0.717, 1.165) is 32.1 Å². The van der Waals surface area contributed by atoms with Gasteiger partial charge in [0.25, 0.3) is 11.1 Å². The summed E-state index contributed by atoms with van der Waals surface area (Å²) in [5, 5.41) is 1.07. The average molecular weight is 601 g/mol. The lowest BCUT2D eigenvalue weighted by Gasteiger charge is -2.72. The molecule has 8 rings (SSSR count). The Kier molecular flexibility index (Phi) is 7.07. The maximum absolute atomic E-state index is 14.9. The smallest absolute Gasteiger partial charge is 0.274 e. The van der Waals surface area contributed by atoms with E-state index in [4.69, 9.17) is 9.47 Å². The predicted octanol–water partition coefficient (Wildman–Crippen LogP) is 7.24. The van der Waals surface area contributed by atoms with Crippen LogP contribution < -0.4 is 11.1 Å². The van der Waals surface area contributed by atoms with E-state index < -0.39 is 11.1 Å². The van der Waals surface area contributed by atoms with Crippen LogP contribution in [0.4, 0.5) is 0 Å². The molecule has 10 atom stereocenters. The first kappa shape index (κ1) is 30.2. The molecule has 4 aliphatic carbocycles. The molecule has 1 aromatic heterocycles. The monoisotopic (exact) mass is 600 g/mol. The van der Waals surface area contributed by atoms with E-state index in [2.05, 4.69) is 65.8 Å². The van der Waals surface area contributed by atoms with E-state index in [9.17, 15) is 9.59 Å². The van der Waals surface area contributed by atoms with Crippen LogP contribution in [0.3, 0.4) is 0 Å². The normalized spacial score (nSPS) is 40.2. The highest BCUT2D eigenvalue weighted by Crippen LogP contribution is 2.74. The molecule has 2 bridgehead atoms. The molecule has 1 aromatic carbocycles. The van der Waals surface area contributed by atoms with E-state index >= 15 is 0 Å². The zero-order valence-electron chi connectivity index (χ0n) is 27.8. The SMILES string of the molecule is COCOC1CC[C@]2(C)[C@H]3CC[C@]4(C)[C@@H]([C@H](C)C=C[C@H](C)C(C)C)CC[C@H]4C34C=CC2(C1)n1c(=O)c2ccccc2c(=O)n14. The zero-order valence-corrected chi connectivity index (χ0v) is 27.8. The maximum Gasteiger partial charge on any atom is 0.274 e. The molecule has 6 heteroatoms. The fourth-order valence-corrected chi connectivity index (χ4v) is 11.4. The van der Waals surface area contributed by atoms with Crippen molar-refractivity contribution in [2.24, 2.45) is 46.3 Å². The van der Waals surface area contributed by atoms with Crippen LogP contribution >= 0.6 is 0 Å². The summed E-state index contributed by atoms with van der Waals surface area (Å²) in [6, 6.07) is 7.48. The molecule has 44 heavy (non-hydrogen) atoms. The fraction of sp³-hybridized carbons (Fsp3) is 0.684. The van der Waals surface area contributed by atoms with Gasteiger partial charge in [0.1, 0.15) is 6.79 Å². The summed E-state index contributed by atoms with van der Waals surface area (Å²) >= 11 is 0. The molecule has 3 heterocycles. The van der Waals surface area contributed by atoms with Crippen LogP contribution in [-0.2, 0) is 20.6 Å². The van der Waals surface area contributed by atoms with Crippen LogP contribution in [0.2, 0.25) is 0 Å². The van der Waals surface area contributed by atoms with Crippen LogP contribution in [0.15, 0.2) is 58.2 Å². The predicted molar refractivity (Wildman–Crippen MR) is 176 cm³/mol. The molecular formula is C38H52N2O4. The standard InChI is InChI=1S/C38H52N2O4/c1-24(2)25(3)12-13-26(4)30-14-15-31-35(30,5)18-17-32-36(6)19-16-27(44-23-43-7)22-37(36)20-21-38(31,32)40-34(42)29-11-9-8-10-28(29)33(41)39(37)40/h8-13,20-21,24-27,30-32H,14-19,22-23H2,1-7H3/t25-,26+,27?,30+,31+,32+,35+,36+,37?,38?/m0/s1. The van der Waals surface area contributed by atoms with Gasteiger partial charge in [-0.2, -0.15) is 0 Å². The summed E-state index contributed by atoms with van der Waals surface area (Å²) in [6.45, 7) is 14.5. The Morgan fingerprint density at radius 2 is 1.59 bits per heavy atom. The second-order valence-electron chi connectivity index (χ2n) is 16.0. The van der Waals surface area contributed by atoms with Crippen molar-refractivity contribution in [3.05, 3.63) is 69.3 Å². The molecule has 3 saturated carbocycles. The van der Waals surface area contributed by atoms with Crippen LogP contribution in [0.1, 0.15) is 86.5 Å². The number of hydrogen-bond donors (Lipinski definition) is 0. The number of nitrogens with zero attached hydrogens (tertiary/aromatic N) is 2. The van der Waals surface area contributed by atoms with Crippen molar-refractivity contribution in [2.75, 3.05) is 13.9 Å². The molecule has 0 radical (unpaired) electrons. The summed E-state index contributed by atoms with van der Waals surface area (Å²) in [6.07, 6.45) is 16.7. The van der Waals surface area contributed by atoms with E-state index in [1.165, 1.54) is 6.42 Å². The van der Waals surface area contributed by atoms with Gasteiger partial charge in [-0.05, 0) is 91.6 Å². The number of aromatic nitrogens is 2. The molecule has 0 saturated heterocycles. The summed E-state index contributed by atoms with van der Waals surface area (Å²) in [5.41, 5.74) is -1.28. The zero-order chi connectivity index (χ0) is 31.2. The van der Waals surface area contributed by atoms with Gasteiger partial charge in [0.05, 0.1) is 28.0 Å². The third-order valence-corrected chi connectivity index (χ3v) is 13.9. The highest BCUT2D eigenvalue weighted by Gasteiger charge is 2.74. The molecule has 2 aliphatic heterocycles. The lowest BCUT2D eigenvalue weighted by molar-refractivity contribution is -0.211. The van der Waals surface area contributed by atoms with E-state index in [-0.39, 0.29) is 46.7 Å².